The van der Waals surface area contributed by atoms with Gasteiger partial charge < -0.3 is 15.1 Å². The average molecular weight is 386 g/mol. The highest BCUT2D eigenvalue weighted by atomic mass is 35.5. The highest BCUT2D eigenvalue weighted by Crippen LogP contribution is 2.21. The second kappa shape index (κ2) is 8.91. The Hall–Kier alpha value is -2.53. The van der Waals surface area contributed by atoms with E-state index in [9.17, 15) is 9.59 Å². The van der Waals surface area contributed by atoms with Gasteiger partial charge in [-0.1, -0.05) is 35.9 Å². The molecule has 0 bridgehead atoms. The predicted molar refractivity (Wildman–Crippen MR) is 108 cm³/mol. The van der Waals surface area contributed by atoms with Crippen molar-refractivity contribution >= 4 is 29.1 Å². The molecule has 3 rings (SSSR count). The maximum absolute atomic E-state index is 12.6. The lowest BCUT2D eigenvalue weighted by Crippen LogP contribution is -2.50. The van der Waals surface area contributed by atoms with Gasteiger partial charge in [0.1, 0.15) is 0 Å². The normalized spacial score (nSPS) is 15.3. The van der Waals surface area contributed by atoms with Crippen LogP contribution in [-0.4, -0.2) is 48.9 Å². The van der Waals surface area contributed by atoms with Crippen molar-refractivity contribution in [2.45, 2.75) is 19.4 Å². The van der Waals surface area contributed by atoms with Crippen LogP contribution in [-0.2, 0) is 4.79 Å². The number of benzene rings is 2. The topological polar surface area (TPSA) is 52.7 Å². The summed E-state index contributed by atoms with van der Waals surface area (Å²) in [7, 11) is 0. The lowest BCUT2D eigenvalue weighted by Gasteiger charge is -2.36. The molecule has 1 saturated heterocycles. The van der Waals surface area contributed by atoms with Gasteiger partial charge in [-0.2, -0.15) is 0 Å². The van der Waals surface area contributed by atoms with Crippen LogP contribution in [0.5, 0.6) is 0 Å². The number of hydrogen-bond donors (Lipinski definition) is 1. The average Bonchev–Trinajstić information content (AvgIpc) is 2.68. The third-order valence-electron chi connectivity index (χ3n) is 4.70. The summed E-state index contributed by atoms with van der Waals surface area (Å²) in [5.41, 5.74) is 1.69. The highest BCUT2D eigenvalue weighted by molar-refractivity contribution is 6.30. The van der Waals surface area contributed by atoms with E-state index in [1.54, 1.807) is 12.1 Å². The van der Waals surface area contributed by atoms with Crippen LogP contribution in [0.25, 0.3) is 0 Å². The quantitative estimate of drug-likeness (QED) is 0.859. The van der Waals surface area contributed by atoms with Gasteiger partial charge in [-0.25, -0.2) is 0 Å². The first-order valence-corrected chi connectivity index (χ1v) is 9.55. The van der Waals surface area contributed by atoms with E-state index >= 15 is 0 Å². The molecule has 1 N–H and O–H groups in total. The minimum Gasteiger partial charge on any atom is -0.368 e. The maximum atomic E-state index is 12.6. The molecule has 1 heterocycles. The number of amides is 2. The van der Waals surface area contributed by atoms with Crippen molar-refractivity contribution < 1.29 is 9.59 Å². The van der Waals surface area contributed by atoms with Crippen molar-refractivity contribution in [3.05, 3.63) is 65.2 Å². The van der Waals surface area contributed by atoms with E-state index in [2.05, 4.69) is 10.2 Å². The number of carbonyl (C=O) groups is 2. The van der Waals surface area contributed by atoms with Gasteiger partial charge >= 0.3 is 0 Å². The molecule has 0 spiro atoms. The third-order valence-corrected chi connectivity index (χ3v) is 4.94. The first-order chi connectivity index (χ1) is 13.0. The highest BCUT2D eigenvalue weighted by Gasteiger charge is 2.23. The SMILES string of the molecule is CC(CC(=O)N1CCN(c2cccc(Cl)c2)CC1)NC(=O)c1ccccc1. The van der Waals surface area contributed by atoms with Crippen molar-refractivity contribution in [2.24, 2.45) is 0 Å². The zero-order chi connectivity index (χ0) is 19.2. The van der Waals surface area contributed by atoms with Crippen molar-refractivity contribution in [3.8, 4) is 0 Å². The Balaban J connectivity index is 1.47. The number of carbonyl (C=O) groups excluding carboxylic acids is 2. The Bertz CT molecular complexity index is 789. The predicted octanol–water partition coefficient (Wildman–Crippen LogP) is 3.20. The molecular weight excluding hydrogens is 362 g/mol. The summed E-state index contributed by atoms with van der Waals surface area (Å²) in [6.45, 7) is 4.75. The molecule has 5 nitrogen and oxygen atoms in total. The molecular formula is C21H24ClN3O2. The number of rotatable bonds is 5. The standard InChI is InChI=1S/C21H24ClN3O2/c1-16(23-21(27)17-6-3-2-4-7-17)14-20(26)25-12-10-24(11-13-25)19-9-5-8-18(22)15-19/h2-9,15-16H,10-14H2,1H3,(H,23,27). The summed E-state index contributed by atoms with van der Waals surface area (Å²) in [5, 5.41) is 3.61. The molecule has 1 aliphatic rings. The summed E-state index contributed by atoms with van der Waals surface area (Å²) in [4.78, 5) is 28.8. The molecule has 2 aromatic rings. The molecule has 6 heteroatoms. The second-order valence-corrected chi connectivity index (χ2v) is 7.23. The fourth-order valence-corrected chi connectivity index (χ4v) is 3.41. The summed E-state index contributed by atoms with van der Waals surface area (Å²) < 4.78 is 0. The Morgan fingerprint density at radius 3 is 2.41 bits per heavy atom. The Morgan fingerprint density at radius 2 is 1.74 bits per heavy atom. The van der Waals surface area contributed by atoms with Gasteiger partial charge in [-0.15, -0.1) is 0 Å². The van der Waals surface area contributed by atoms with Gasteiger partial charge in [0.15, 0.2) is 0 Å². The van der Waals surface area contributed by atoms with E-state index in [4.69, 9.17) is 11.6 Å². The first-order valence-electron chi connectivity index (χ1n) is 9.17. The van der Waals surface area contributed by atoms with Gasteiger partial charge in [-0.05, 0) is 37.3 Å². The van der Waals surface area contributed by atoms with Gasteiger partial charge in [0.2, 0.25) is 5.91 Å². The maximum Gasteiger partial charge on any atom is 0.251 e. The van der Waals surface area contributed by atoms with Crippen LogP contribution < -0.4 is 10.2 Å². The monoisotopic (exact) mass is 385 g/mol. The van der Waals surface area contributed by atoms with Gasteiger partial charge in [0, 0.05) is 54.9 Å². The molecule has 1 aliphatic heterocycles. The lowest BCUT2D eigenvalue weighted by atomic mass is 10.1. The van der Waals surface area contributed by atoms with E-state index in [1.165, 1.54) is 0 Å². The van der Waals surface area contributed by atoms with Crippen molar-refractivity contribution in [2.75, 3.05) is 31.1 Å². The number of nitrogens with zero attached hydrogens (tertiary/aromatic N) is 2. The van der Waals surface area contributed by atoms with E-state index in [-0.39, 0.29) is 17.9 Å². The first kappa shape index (κ1) is 19.2. The van der Waals surface area contributed by atoms with Crippen LogP contribution in [0.4, 0.5) is 5.69 Å². The fourth-order valence-electron chi connectivity index (χ4n) is 3.23. The van der Waals surface area contributed by atoms with Gasteiger partial charge in [0.05, 0.1) is 0 Å². The van der Waals surface area contributed by atoms with Crippen molar-refractivity contribution in [3.63, 3.8) is 0 Å². The number of halogens is 1. The Kier molecular flexibility index (Phi) is 6.35. The molecule has 0 aliphatic carbocycles. The van der Waals surface area contributed by atoms with Crippen molar-refractivity contribution in [1.29, 1.82) is 0 Å². The van der Waals surface area contributed by atoms with E-state index in [0.29, 0.717) is 30.1 Å². The number of anilines is 1. The Morgan fingerprint density at radius 1 is 1.04 bits per heavy atom. The van der Waals surface area contributed by atoms with Crippen molar-refractivity contribution in [1.82, 2.24) is 10.2 Å². The Labute approximate surface area is 164 Å². The zero-order valence-electron chi connectivity index (χ0n) is 15.4. The number of nitrogens with one attached hydrogen (secondary N) is 1. The number of hydrogen-bond acceptors (Lipinski definition) is 3. The summed E-state index contributed by atoms with van der Waals surface area (Å²) >= 11 is 6.06. The smallest absolute Gasteiger partial charge is 0.251 e. The molecule has 0 saturated carbocycles. The summed E-state index contributed by atoms with van der Waals surface area (Å²) in [5.74, 6) is -0.0803. The van der Waals surface area contributed by atoms with Gasteiger partial charge in [0.25, 0.3) is 5.91 Å². The summed E-state index contributed by atoms with van der Waals surface area (Å²) in [6, 6.07) is 16.6. The van der Waals surface area contributed by atoms with Gasteiger partial charge in [-0.3, -0.25) is 9.59 Å². The largest absolute Gasteiger partial charge is 0.368 e. The molecule has 1 unspecified atom stereocenters. The minimum atomic E-state index is -0.212. The van der Waals surface area contributed by atoms with E-state index in [1.807, 2.05) is 54.3 Å². The van der Waals surface area contributed by atoms with E-state index in [0.717, 1.165) is 18.8 Å². The molecule has 142 valence electrons. The van der Waals surface area contributed by atoms with Crippen LogP contribution in [0.3, 0.4) is 0 Å². The minimum absolute atomic E-state index is 0.0709. The molecule has 2 aromatic carbocycles. The third kappa shape index (κ3) is 5.23. The molecule has 27 heavy (non-hydrogen) atoms. The zero-order valence-corrected chi connectivity index (χ0v) is 16.2. The molecule has 0 aromatic heterocycles. The van der Waals surface area contributed by atoms with Crippen LogP contribution in [0, 0.1) is 0 Å². The molecule has 0 radical (unpaired) electrons. The lowest BCUT2D eigenvalue weighted by molar-refractivity contribution is -0.131. The molecule has 2 amide bonds. The number of piperazine rings is 1. The van der Waals surface area contributed by atoms with Crippen LogP contribution in [0.15, 0.2) is 54.6 Å². The second-order valence-electron chi connectivity index (χ2n) is 6.79. The summed E-state index contributed by atoms with van der Waals surface area (Å²) in [6.07, 6.45) is 0.301. The van der Waals surface area contributed by atoms with Crippen LogP contribution in [0.1, 0.15) is 23.7 Å². The van der Waals surface area contributed by atoms with E-state index < -0.39 is 0 Å². The van der Waals surface area contributed by atoms with Crippen LogP contribution >= 0.6 is 11.6 Å². The molecule has 1 fully saturated rings. The van der Waals surface area contributed by atoms with Crippen LogP contribution in [0.2, 0.25) is 5.02 Å². The fraction of sp³-hybridized carbons (Fsp3) is 0.333. The molecule has 1 atom stereocenters.